The summed E-state index contributed by atoms with van der Waals surface area (Å²) in [7, 11) is 0. The highest BCUT2D eigenvalue weighted by molar-refractivity contribution is 6.31. The molecular formula is C41H35ClN6O. The van der Waals surface area contributed by atoms with Gasteiger partial charge >= 0.3 is 0 Å². The van der Waals surface area contributed by atoms with E-state index in [2.05, 4.69) is 125 Å². The predicted octanol–water partition coefficient (Wildman–Crippen LogP) is 8.85. The second-order valence-corrected chi connectivity index (χ2v) is 12.5. The summed E-state index contributed by atoms with van der Waals surface area (Å²) in [6.07, 6.45) is 3.05. The van der Waals surface area contributed by atoms with Crippen LogP contribution in [0.1, 0.15) is 51.9 Å². The highest BCUT2D eigenvalue weighted by Gasteiger charge is 2.42. The molecule has 0 radical (unpaired) electrons. The third kappa shape index (κ3) is 6.21. The number of carbonyl (C=O) groups is 1. The first kappa shape index (κ1) is 31.9. The molecule has 0 aliphatic rings. The van der Waals surface area contributed by atoms with Crippen LogP contribution in [0.4, 0.5) is 0 Å². The third-order valence-electron chi connectivity index (χ3n) is 9.20. The van der Waals surface area contributed by atoms with Gasteiger partial charge in [0.2, 0.25) is 0 Å². The van der Waals surface area contributed by atoms with Crippen molar-refractivity contribution in [3.05, 3.63) is 178 Å². The maximum Gasteiger partial charge on any atom is 0.184 e. The Hall–Kier alpha value is -5.66. The number of hydrogen-bond acceptors (Lipinski definition) is 5. The fourth-order valence-corrected chi connectivity index (χ4v) is 7.01. The van der Waals surface area contributed by atoms with E-state index in [1.807, 2.05) is 41.1 Å². The van der Waals surface area contributed by atoms with Crippen LogP contribution >= 0.6 is 11.6 Å². The van der Waals surface area contributed by atoms with Crippen LogP contribution in [-0.4, -0.2) is 36.5 Å². The molecule has 242 valence electrons. The number of nitrogens with zero attached hydrogens (tertiary/aromatic N) is 5. The van der Waals surface area contributed by atoms with Crippen molar-refractivity contribution in [2.75, 3.05) is 0 Å². The molecule has 5 aromatic carbocycles. The largest absolute Gasteiger partial charge is 0.332 e. The molecule has 2 heterocycles. The first-order valence-corrected chi connectivity index (χ1v) is 16.8. The predicted molar refractivity (Wildman–Crippen MR) is 193 cm³/mol. The molecule has 1 N–H and O–H groups in total. The standard InChI is InChI=1S/C41H35ClN6O/c1-2-29(27-38-43-37(28-49)39(42)44-38)25-30-23-24-35(31-15-7-3-8-16-31)36(26-30)40-45-46-47-48(40)41(32-17-9-4-10-18-32,33-19-11-5-12-20-33)34-21-13-6-14-22-34/h3-24,26,28-29H,2,25,27H2,1H3,(H,43,44). The molecule has 7 aromatic rings. The van der Waals surface area contributed by atoms with Gasteiger partial charge in [0.25, 0.3) is 0 Å². The lowest BCUT2D eigenvalue weighted by Crippen LogP contribution is -2.39. The molecule has 0 saturated carbocycles. The zero-order valence-electron chi connectivity index (χ0n) is 27.1. The number of rotatable bonds is 12. The third-order valence-corrected chi connectivity index (χ3v) is 9.49. The minimum absolute atomic E-state index is 0.242. The van der Waals surface area contributed by atoms with Gasteiger partial charge in [0.05, 0.1) is 0 Å². The monoisotopic (exact) mass is 662 g/mol. The molecule has 7 rings (SSSR count). The smallest absolute Gasteiger partial charge is 0.184 e. The summed E-state index contributed by atoms with van der Waals surface area (Å²) in [4.78, 5) is 18.9. The van der Waals surface area contributed by atoms with Crippen molar-refractivity contribution in [3.8, 4) is 22.5 Å². The molecule has 7 nitrogen and oxygen atoms in total. The van der Waals surface area contributed by atoms with Crippen LogP contribution in [0.15, 0.2) is 140 Å². The lowest BCUT2D eigenvalue weighted by Gasteiger charge is -2.36. The van der Waals surface area contributed by atoms with Gasteiger partial charge in [-0.2, -0.15) is 0 Å². The summed E-state index contributed by atoms with van der Waals surface area (Å²) < 4.78 is 1.99. The Morgan fingerprint density at radius 2 is 1.33 bits per heavy atom. The number of imidazole rings is 1. The number of nitrogens with one attached hydrogen (secondary N) is 1. The molecule has 0 saturated heterocycles. The summed E-state index contributed by atoms with van der Waals surface area (Å²) in [6.45, 7) is 2.17. The second-order valence-electron chi connectivity index (χ2n) is 12.2. The average molecular weight is 663 g/mol. The van der Waals surface area contributed by atoms with Crippen molar-refractivity contribution in [3.63, 3.8) is 0 Å². The average Bonchev–Trinajstić information content (AvgIpc) is 3.80. The van der Waals surface area contributed by atoms with Crippen LogP contribution in [0.25, 0.3) is 22.5 Å². The molecule has 0 bridgehead atoms. The Bertz CT molecular complexity index is 2050. The molecule has 0 aliphatic carbocycles. The fourth-order valence-electron chi connectivity index (χ4n) is 6.81. The van der Waals surface area contributed by atoms with Gasteiger partial charge in [-0.05, 0) is 62.2 Å². The van der Waals surface area contributed by atoms with Crippen molar-refractivity contribution < 1.29 is 4.79 Å². The van der Waals surface area contributed by atoms with E-state index >= 15 is 0 Å². The van der Waals surface area contributed by atoms with Crippen molar-refractivity contribution in [1.82, 2.24) is 30.2 Å². The molecule has 0 amide bonds. The minimum atomic E-state index is -0.882. The van der Waals surface area contributed by atoms with E-state index in [1.165, 1.54) is 0 Å². The summed E-state index contributed by atoms with van der Waals surface area (Å²) in [5, 5.41) is 14.2. The normalized spacial score (nSPS) is 12.1. The number of aldehydes is 1. The Morgan fingerprint density at radius 1 is 0.755 bits per heavy atom. The fraction of sp³-hybridized carbons (Fsp3) is 0.146. The zero-order chi connectivity index (χ0) is 33.6. The summed E-state index contributed by atoms with van der Waals surface area (Å²) in [5.41, 5.74) is 6.66. The first-order valence-electron chi connectivity index (χ1n) is 16.5. The number of H-pyrrole nitrogens is 1. The zero-order valence-corrected chi connectivity index (χ0v) is 27.8. The maximum atomic E-state index is 11.4. The van der Waals surface area contributed by atoms with E-state index in [9.17, 15) is 4.79 Å². The quantitative estimate of drug-likeness (QED) is 0.104. The van der Waals surface area contributed by atoms with Crippen molar-refractivity contribution in [1.29, 1.82) is 0 Å². The topological polar surface area (TPSA) is 89.3 Å². The van der Waals surface area contributed by atoms with Gasteiger partial charge in [-0.3, -0.25) is 4.79 Å². The Balaban J connectivity index is 1.42. The molecule has 8 heteroatoms. The van der Waals surface area contributed by atoms with E-state index < -0.39 is 5.54 Å². The highest BCUT2D eigenvalue weighted by atomic mass is 35.5. The maximum absolute atomic E-state index is 11.4. The van der Waals surface area contributed by atoms with E-state index in [4.69, 9.17) is 21.9 Å². The SMILES string of the molecule is CCC(Cc1ccc(-c2ccccc2)c(-c2nnnn2C(c2ccccc2)(c2ccccc2)c2ccccc2)c1)Cc1nc(C=O)c(Cl)[nH]1. The van der Waals surface area contributed by atoms with Crippen molar-refractivity contribution in [2.24, 2.45) is 5.92 Å². The first-order chi connectivity index (χ1) is 24.1. The number of aromatic nitrogens is 6. The van der Waals surface area contributed by atoms with Crippen LogP contribution in [0.2, 0.25) is 5.15 Å². The Kier molecular flexibility index (Phi) is 9.26. The molecule has 49 heavy (non-hydrogen) atoms. The van der Waals surface area contributed by atoms with Gasteiger partial charge in [-0.15, -0.1) is 5.10 Å². The summed E-state index contributed by atoms with van der Waals surface area (Å²) in [6, 6.07) is 48.2. The van der Waals surface area contributed by atoms with Gasteiger partial charge in [0.15, 0.2) is 12.1 Å². The number of aromatic amines is 1. The number of benzene rings is 5. The molecular weight excluding hydrogens is 628 g/mol. The Morgan fingerprint density at radius 3 is 1.86 bits per heavy atom. The van der Waals surface area contributed by atoms with Gasteiger partial charge in [-0.25, -0.2) is 9.67 Å². The van der Waals surface area contributed by atoms with Gasteiger partial charge in [0, 0.05) is 12.0 Å². The molecule has 2 aromatic heterocycles. The van der Waals surface area contributed by atoms with Crippen LogP contribution in [-0.2, 0) is 18.4 Å². The molecule has 0 aliphatic heterocycles. The van der Waals surface area contributed by atoms with Gasteiger partial charge in [0.1, 0.15) is 22.2 Å². The molecule has 0 spiro atoms. The van der Waals surface area contributed by atoms with Gasteiger partial charge < -0.3 is 4.98 Å². The summed E-state index contributed by atoms with van der Waals surface area (Å²) >= 11 is 6.20. The number of halogens is 1. The second kappa shape index (κ2) is 14.2. The lowest BCUT2D eigenvalue weighted by atomic mass is 9.76. The molecule has 0 fully saturated rings. The minimum Gasteiger partial charge on any atom is -0.332 e. The molecule has 1 atom stereocenters. The van der Waals surface area contributed by atoms with Crippen LogP contribution in [0.5, 0.6) is 0 Å². The van der Waals surface area contributed by atoms with Crippen LogP contribution in [0, 0.1) is 5.92 Å². The van der Waals surface area contributed by atoms with E-state index in [0.717, 1.165) is 51.8 Å². The van der Waals surface area contributed by atoms with Crippen molar-refractivity contribution >= 4 is 17.9 Å². The lowest BCUT2D eigenvalue weighted by molar-refractivity contribution is 0.111. The Labute approximate surface area is 290 Å². The van der Waals surface area contributed by atoms with Gasteiger partial charge in [-0.1, -0.05) is 158 Å². The number of carbonyl (C=O) groups excluding carboxylic acids is 1. The number of hydrogen-bond donors (Lipinski definition) is 1. The van der Waals surface area contributed by atoms with E-state index in [-0.39, 0.29) is 16.8 Å². The summed E-state index contributed by atoms with van der Waals surface area (Å²) in [5.74, 6) is 1.62. The van der Waals surface area contributed by atoms with E-state index in [0.29, 0.717) is 24.4 Å². The van der Waals surface area contributed by atoms with Crippen molar-refractivity contribution in [2.45, 2.75) is 31.7 Å². The molecule has 1 unspecified atom stereocenters. The van der Waals surface area contributed by atoms with Crippen LogP contribution in [0.3, 0.4) is 0 Å². The van der Waals surface area contributed by atoms with Crippen LogP contribution < -0.4 is 0 Å². The number of tetrazole rings is 1. The van der Waals surface area contributed by atoms with E-state index in [1.54, 1.807) is 0 Å². The highest BCUT2D eigenvalue weighted by Crippen LogP contribution is 2.43.